The molecule has 1 fully saturated rings. The summed E-state index contributed by atoms with van der Waals surface area (Å²) in [5, 5.41) is 2.54. The molecule has 1 aliphatic heterocycles. The van der Waals surface area contributed by atoms with Crippen LogP contribution >= 0.6 is 11.6 Å². The van der Waals surface area contributed by atoms with Crippen molar-refractivity contribution in [1.82, 2.24) is 5.32 Å². The van der Waals surface area contributed by atoms with Crippen molar-refractivity contribution in [2.45, 2.75) is 12.1 Å². The van der Waals surface area contributed by atoms with Crippen molar-refractivity contribution in [2.24, 2.45) is 0 Å². The summed E-state index contributed by atoms with van der Waals surface area (Å²) in [5.41, 5.74) is 0. The monoisotopic (exact) mass is 161 g/mol. The van der Waals surface area contributed by atoms with Crippen molar-refractivity contribution >= 4 is 17.7 Å². The molecule has 0 spiro atoms. The van der Waals surface area contributed by atoms with Gasteiger partial charge in [-0.1, -0.05) is 6.08 Å². The number of amides is 1. The van der Waals surface area contributed by atoms with Crippen molar-refractivity contribution in [2.75, 3.05) is 5.88 Å². The highest BCUT2D eigenvalue weighted by molar-refractivity contribution is 6.18. The molecule has 0 aliphatic carbocycles. The van der Waals surface area contributed by atoms with Crippen molar-refractivity contribution in [3.63, 3.8) is 0 Å². The van der Waals surface area contributed by atoms with Gasteiger partial charge in [-0.25, -0.2) is 4.79 Å². The maximum atomic E-state index is 10.5. The number of alkyl halides is 1. The number of ether oxygens (including phenoxy) is 1. The van der Waals surface area contributed by atoms with Gasteiger partial charge >= 0.3 is 6.09 Å². The summed E-state index contributed by atoms with van der Waals surface area (Å²) in [5.74, 6) is 0.301. The largest absolute Gasteiger partial charge is 0.442 e. The molecule has 0 bridgehead atoms. The maximum Gasteiger partial charge on any atom is 0.408 e. The molecule has 1 heterocycles. The molecule has 1 N–H and O–H groups in total. The fourth-order valence-corrected chi connectivity index (χ4v) is 1.07. The minimum Gasteiger partial charge on any atom is -0.442 e. The van der Waals surface area contributed by atoms with E-state index >= 15 is 0 Å². The van der Waals surface area contributed by atoms with E-state index in [0.29, 0.717) is 5.88 Å². The maximum absolute atomic E-state index is 10.5. The predicted octanol–water partition coefficient (Wildman–Crippen LogP) is 0.888. The van der Waals surface area contributed by atoms with Gasteiger partial charge in [0.1, 0.15) is 6.10 Å². The van der Waals surface area contributed by atoms with Gasteiger partial charge in [-0.15, -0.1) is 18.2 Å². The van der Waals surface area contributed by atoms with Gasteiger partial charge < -0.3 is 10.1 Å². The van der Waals surface area contributed by atoms with Gasteiger partial charge in [0.2, 0.25) is 0 Å². The van der Waals surface area contributed by atoms with Crippen LogP contribution in [-0.4, -0.2) is 24.1 Å². The Labute approximate surface area is 64.0 Å². The first-order chi connectivity index (χ1) is 4.77. The summed E-state index contributed by atoms with van der Waals surface area (Å²) in [6.45, 7) is 3.52. The molecule has 0 saturated carbocycles. The lowest BCUT2D eigenvalue weighted by molar-refractivity contribution is 0.146. The Kier molecular flexibility index (Phi) is 2.17. The number of carbonyl (C=O) groups excluding carboxylic acids is 1. The minimum absolute atomic E-state index is 0.134. The third kappa shape index (κ3) is 1.24. The second-order valence-corrected chi connectivity index (χ2v) is 2.31. The molecule has 1 saturated heterocycles. The molecular formula is C6H8ClNO2. The van der Waals surface area contributed by atoms with E-state index in [1.54, 1.807) is 6.08 Å². The van der Waals surface area contributed by atoms with Gasteiger partial charge in [0, 0.05) is 0 Å². The Balaban J connectivity index is 2.56. The molecule has 0 aromatic rings. The smallest absolute Gasteiger partial charge is 0.408 e. The van der Waals surface area contributed by atoms with Crippen LogP contribution < -0.4 is 5.32 Å². The van der Waals surface area contributed by atoms with E-state index in [-0.39, 0.29) is 12.1 Å². The predicted molar refractivity (Wildman–Crippen MR) is 38.1 cm³/mol. The fraction of sp³-hybridized carbons (Fsp3) is 0.500. The van der Waals surface area contributed by atoms with Gasteiger partial charge in [0.05, 0.1) is 11.9 Å². The lowest BCUT2D eigenvalue weighted by atomic mass is 10.2. The van der Waals surface area contributed by atoms with Crippen molar-refractivity contribution < 1.29 is 9.53 Å². The number of rotatable bonds is 2. The summed E-state index contributed by atoms with van der Waals surface area (Å²) in [4.78, 5) is 10.5. The molecule has 3 nitrogen and oxygen atoms in total. The molecular weight excluding hydrogens is 154 g/mol. The van der Waals surface area contributed by atoms with Crippen LogP contribution in [0.4, 0.5) is 4.79 Å². The molecule has 0 aromatic heterocycles. The minimum atomic E-state index is -0.421. The zero-order chi connectivity index (χ0) is 7.56. The molecule has 2 atom stereocenters. The molecule has 1 aliphatic rings. The number of alkyl carbamates (subject to hydrolysis) is 1. The normalized spacial score (nSPS) is 31.1. The van der Waals surface area contributed by atoms with Crippen LogP contribution in [0.15, 0.2) is 12.7 Å². The second kappa shape index (κ2) is 2.92. The Hall–Kier alpha value is -0.700. The zero-order valence-corrected chi connectivity index (χ0v) is 6.10. The van der Waals surface area contributed by atoms with Crippen LogP contribution in [-0.2, 0) is 4.74 Å². The number of hydrogen-bond acceptors (Lipinski definition) is 2. The van der Waals surface area contributed by atoms with Crippen molar-refractivity contribution in [1.29, 1.82) is 0 Å². The van der Waals surface area contributed by atoms with E-state index < -0.39 is 6.09 Å². The summed E-state index contributed by atoms with van der Waals surface area (Å²) in [6.07, 6.45) is 0.931. The van der Waals surface area contributed by atoms with Gasteiger partial charge in [-0.2, -0.15) is 0 Å². The number of nitrogens with one attached hydrogen (secondary N) is 1. The Bertz CT molecular complexity index is 160. The molecule has 56 valence electrons. The third-order valence-corrected chi connectivity index (χ3v) is 1.65. The first-order valence-electron chi connectivity index (χ1n) is 2.93. The summed E-state index contributed by atoms with van der Waals surface area (Å²) < 4.78 is 4.76. The van der Waals surface area contributed by atoms with Crippen LogP contribution in [0.2, 0.25) is 0 Å². The van der Waals surface area contributed by atoms with E-state index in [9.17, 15) is 4.79 Å². The Morgan fingerprint density at radius 3 is 3.00 bits per heavy atom. The molecule has 1 amide bonds. The highest BCUT2D eigenvalue weighted by Crippen LogP contribution is 2.10. The quantitative estimate of drug-likeness (QED) is 0.483. The van der Waals surface area contributed by atoms with Crippen LogP contribution in [0.25, 0.3) is 0 Å². The van der Waals surface area contributed by atoms with Crippen LogP contribution in [0, 0.1) is 0 Å². The highest BCUT2D eigenvalue weighted by atomic mass is 35.5. The summed E-state index contributed by atoms with van der Waals surface area (Å²) >= 11 is 5.48. The highest BCUT2D eigenvalue weighted by Gasteiger charge is 2.30. The van der Waals surface area contributed by atoms with E-state index in [1.165, 1.54) is 0 Å². The number of halogens is 1. The third-order valence-electron chi connectivity index (χ3n) is 1.35. The van der Waals surface area contributed by atoms with E-state index in [4.69, 9.17) is 16.3 Å². The number of hydrogen-bond donors (Lipinski definition) is 1. The zero-order valence-electron chi connectivity index (χ0n) is 5.34. The first-order valence-corrected chi connectivity index (χ1v) is 3.47. The second-order valence-electron chi connectivity index (χ2n) is 2.00. The molecule has 0 aromatic carbocycles. The molecule has 0 radical (unpaired) electrons. The molecule has 0 unspecified atom stereocenters. The van der Waals surface area contributed by atoms with E-state index in [1.807, 2.05) is 0 Å². The van der Waals surface area contributed by atoms with Crippen LogP contribution in [0.3, 0.4) is 0 Å². The van der Waals surface area contributed by atoms with E-state index in [0.717, 1.165) is 0 Å². The molecule has 10 heavy (non-hydrogen) atoms. The van der Waals surface area contributed by atoms with Crippen molar-refractivity contribution in [3.8, 4) is 0 Å². The van der Waals surface area contributed by atoms with Crippen LogP contribution in [0.1, 0.15) is 0 Å². The Morgan fingerprint density at radius 1 is 1.90 bits per heavy atom. The molecule has 4 heteroatoms. The summed E-state index contributed by atoms with van der Waals surface area (Å²) in [7, 11) is 0. The average Bonchev–Trinajstić information content (AvgIpc) is 2.30. The van der Waals surface area contributed by atoms with Crippen LogP contribution in [0.5, 0.6) is 0 Å². The number of cyclic esters (lactones) is 1. The van der Waals surface area contributed by atoms with Crippen molar-refractivity contribution in [3.05, 3.63) is 12.7 Å². The lowest BCUT2D eigenvalue weighted by Gasteiger charge is -2.07. The average molecular weight is 162 g/mol. The topological polar surface area (TPSA) is 38.3 Å². The standard InChI is InChI=1S/C6H8ClNO2/c1-2-4-5(3-7)10-6(9)8-4/h2,4-5H,1,3H2,(H,8,9)/t4-,5-/m1/s1. The SMILES string of the molecule is C=C[C@H]1NC(=O)O[C@@H]1CCl. The Morgan fingerprint density at radius 2 is 2.60 bits per heavy atom. The summed E-state index contributed by atoms with van der Waals surface area (Å²) in [6, 6.07) is -0.134. The number of carbonyl (C=O) groups is 1. The van der Waals surface area contributed by atoms with Gasteiger partial charge in [-0.05, 0) is 0 Å². The van der Waals surface area contributed by atoms with Gasteiger partial charge in [-0.3, -0.25) is 0 Å². The first kappa shape index (κ1) is 7.41. The lowest BCUT2D eigenvalue weighted by Crippen LogP contribution is -2.29. The van der Waals surface area contributed by atoms with E-state index in [2.05, 4.69) is 11.9 Å². The molecule has 1 rings (SSSR count). The van der Waals surface area contributed by atoms with Gasteiger partial charge in [0.25, 0.3) is 0 Å². The fourth-order valence-electron chi connectivity index (χ4n) is 0.812. The van der Waals surface area contributed by atoms with Gasteiger partial charge in [0.15, 0.2) is 0 Å².